The zero-order valence-corrected chi connectivity index (χ0v) is 7.83. The van der Waals surface area contributed by atoms with Gasteiger partial charge in [0.2, 0.25) is 0 Å². The first kappa shape index (κ1) is 8.47. The quantitative estimate of drug-likeness (QED) is 0.812. The molecule has 0 saturated carbocycles. The Morgan fingerprint density at radius 3 is 3.15 bits per heavy atom. The predicted octanol–water partition coefficient (Wildman–Crippen LogP) is 1.98. The van der Waals surface area contributed by atoms with E-state index in [-0.39, 0.29) is 6.04 Å². The highest BCUT2D eigenvalue weighted by atomic mass is 32.1. The number of thiazole rings is 1. The van der Waals surface area contributed by atoms with Crippen molar-refractivity contribution in [3.63, 3.8) is 0 Å². The number of furan rings is 1. The molecule has 2 heterocycles. The molecule has 0 spiro atoms. The Morgan fingerprint density at radius 1 is 1.62 bits per heavy atom. The van der Waals surface area contributed by atoms with Gasteiger partial charge < -0.3 is 10.2 Å². The van der Waals surface area contributed by atoms with Gasteiger partial charge in [-0.3, -0.25) is 4.98 Å². The highest BCUT2D eigenvalue weighted by molar-refractivity contribution is 7.09. The minimum absolute atomic E-state index is 0.00125. The highest BCUT2D eigenvalue weighted by Gasteiger charge is 2.09. The largest absolute Gasteiger partial charge is 0.469 e. The van der Waals surface area contributed by atoms with Gasteiger partial charge in [0.1, 0.15) is 5.76 Å². The average molecular weight is 194 g/mol. The van der Waals surface area contributed by atoms with Gasteiger partial charge in [0, 0.05) is 23.5 Å². The van der Waals surface area contributed by atoms with Gasteiger partial charge in [-0.1, -0.05) is 0 Å². The smallest absolute Gasteiger partial charge is 0.105 e. The molecule has 2 rings (SSSR count). The molecule has 1 unspecified atom stereocenters. The van der Waals surface area contributed by atoms with E-state index in [1.54, 1.807) is 29.3 Å². The van der Waals surface area contributed by atoms with Crippen LogP contribution in [0.1, 0.15) is 16.7 Å². The standard InChI is InChI=1S/C9H10N2OS/c10-8(9-5-11-6-13-9)4-7-2-1-3-12-7/h1-3,5-6,8H,4,10H2. The van der Waals surface area contributed by atoms with E-state index in [1.165, 1.54) is 0 Å². The first-order valence-corrected chi connectivity index (χ1v) is 4.90. The third kappa shape index (κ3) is 1.96. The molecule has 0 saturated heterocycles. The van der Waals surface area contributed by atoms with E-state index >= 15 is 0 Å². The van der Waals surface area contributed by atoms with Gasteiger partial charge in [0.25, 0.3) is 0 Å². The Labute approximate surface area is 80.2 Å². The van der Waals surface area contributed by atoms with Crippen molar-refractivity contribution in [3.05, 3.63) is 40.7 Å². The summed E-state index contributed by atoms with van der Waals surface area (Å²) in [6.45, 7) is 0. The fraction of sp³-hybridized carbons (Fsp3) is 0.222. The maximum Gasteiger partial charge on any atom is 0.105 e. The van der Waals surface area contributed by atoms with Crippen LogP contribution >= 0.6 is 11.3 Å². The highest BCUT2D eigenvalue weighted by Crippen LogP contribution is 2.19. The molecule has 0 amide bonds. The Balaban J connectivity index is 2.04. The molecule has 0 radical (unpaired) electrons. The minimum Gasteiger partial charge on any atom is -0.469 e. The van der Waals surface area contributed by atoms with Gasteiger partial charge in [-0.2, -0.15) is 0 Å². The van der Waals surface area contributed by atoms with Crippen molar-refractivity contribution in [1.29, 1.82) is 0 Å². The summed E-state index contributed by atoms with van der Waals surface area (Å²) in [5.74, 6) is 0.918. The molecule has 0 aliphatic rings. The van der Waals surface area contributed by atoms with Crippen LogP contribution in [0.15, 0.2) is 34.5 Å². The second-order valence-corrected chi connectivity index (χ2v) is 3.71. The SMILES string of the molecule is NC(Cc1ccco1)c1cncs1. The summed E-state index contributed by atoms with van der Waals surface area (Å²) >= 11 is 1.58. The van der Waals surface area contributed by atoms with Gasteiger partial charge in [-0.05, 0) is 12.1 Å². The van der Waals surface area contributed by atoms with Crippen LogP contribution in [0.4, 0.5) is 0 Å². The summed E-state index contributed by atoms with van der Waals surface area (Å²) in [5.41, 5.74) is 7.73. The van der Waals surface area contributed by atoms with Crippen LogP contribution in [-0.2, 0) is 6.42 Å². The van der Waals surface area contributed by atoms with E-state index < -0.39 is 0 Å². The minimum atomic E-state index is -0.00125. The van der Waals surface area contributed by atoms with E-state index in [4.69, 9.17) is 10.2 Å². The lowest BCUT2D eigenvalue weighted by Gasteiger charge is -2.05. The molecular formula is C9H10N2OS. The molecule has 1 atom stereocenters. The van der Waals surface area contributed by atoms with Gasteiger partial charge in [0.05, 0.1) is 11.8 Å². The number of aromatic nitrogens is 1. The van der Waals surface area contributed by atoms with Gasteiger partial charge in [-0.15, -0.1) is 11.3 Å². The Kier molecular flexibility index (Phi) is 2.42. The lowest BCUT2D eigenvalue weighted by atomic mass is 10.1. The molecule has 0 bridgehead atoms. The van der Waals surface area contributed by atoms with E-state index in [0.29, 0.717) is 0 Å². The fourth-order valence-electron chi connectivity index (χ4n) is 1.15. The van der Waals surface area contributed by atoms with Crippen LogP contribution in [0.25, 0.3) is 0 Å². The van der Waals surface area contributed by atoms with Gasteiger partial charge in [-0.25, -0.2) is 0 Å². The molecule has 2 aromatic heterocycles. The topological polar surface area (TPSA) is 52.0 Å². The van der Waals surface area contributed by atoms with E-state index in [2.05, 4.69) is 4.98 Å². The van der Waals surface area contributed by atoms with Crippen molar-refractivity contribution in [2.45, 2.75) is 12.5 Å². The van der Waals surface area contributed by atoms with Crippen LogP contribution in [0.5, 0.6) is 0 Å². The van der Waals surface area contributed by atoms with Crippen LogP contribution in [0, 0.1) is 0 Å². The van der Waals surface area contributed by atoms with Crippen molar-refractivity contribution in [2.75, 3.05) is 0 Å². The normalized spacial score (nSPS) is 13.0. The number of hydrogen-bond donors (Lipinski definition) is 1. The van der Waals surface area contributed by atoms with Crippen molar-refractivity contribution in [3.8, 4) is 0 Å². The zero-order valence-electron chi connectivity index (χ0n) is 7.01. The monoisotopic (exact) mass is 194 g/mol. The van der Waals surface area contributed by atoms with E-state index in [0.717, 1.165) is 17.1 Å². The fourth-order valence-corrected chi connectivity index (χ4v) is 1.78. The van der Waals surface area contributed by atoms with Crippen molar-refractivity contribution in [1.82, 2.24) is 4.98 Å². The van der Waals surface area contributed by atoms with Gasteiger partial charge in [0.15, 0.2) is 0 Å². The molecule has 3 nitrogen and oxygen atoms in total. The maximum atomic E-state index is 5.94. The lowest BCUT2D eigenvalue weighted by Crippen LogP contribution is -2.11. The first-order valence-electron chi connectivity index (χ1n) is 4.02. The van der Waals surface area contributed by atoms with Crippen molar-refractivity contribution >= 4 is 11.3 Å². The number of nitrogens with two attached hydrogens (primary N) is 1. The molecular weight excluding hydrogens is 184 g/mol. The number of rotatable bonds is 3. The maximum absolute atomic E-state index is 5.94. The zero-order chi connectivity index (χ0) is 9.10. The van der Waals surface area contributed by atoms with Crippen LogP contribution in [-0.4, -0.2) is 4.98 Å². The molecule has 0 aliphatic carbocycles. The Morgan fingerprint density at radius 2 is 2.54 bits per heavy atom. The summed E-state index contributed by atoms with van der Waals surface area (Å²) in [4.78, 5) is 5.07. The summed E-state index contributed by atoms with van der Waals surface area (Å²) < 4.78 is 5.21. The van der Waals surface area contributed by atoms with Crippen molar-refractivity contribution in [2.24, 2.45) is 5.73 Å². The Bertz CT molecular complexity index is 342. The Hall–Kier alpha value is -1.13. The molecule has 0 fully saturated rings. The van der Waals surface area contributed by atoms with Crippen LogP contribution < -0.4 is 5.73 Å². The van der Waals surface area contributed by atoms with Crippen LogP contribution in [0.2, 0.25) is 0 Å². The molecule has 0 aromatic carbocycles. The van der Waals surface area contributed by atoms with Crippen LogP contribution in [0.3, 0.4) is 0 Å². The predicted molar refractivity (Wildman–Crippen MR) is 51.5 cm³/mol. The summed E-state index contributed by atoms with van der Waals surface area (Å²) in [5, 5.41) is 0. The molecule has 2 aromatic rings. The van der Waals surface area contributed by atoms with Gasteiger partial charge >= 0.3 is 0 Å². The second kappa shape index (κ2) is 3.72. The van der Waals surface area contributed by atoms with E-state index in [1.807, 2.05) is 12.1 Å². The summed E-state index contributed by atoms with van der Waals surface area (Å²) in [7, 11) is 0. The first-order chi connectivity index (χ1) is 6.36. The lowest BCUT2D eigenvalue weighted by molar-refractivity contribution is 0.490. The summed E-state index contributed by atoms with van der Waals surface area (Å²) in [6, 6.07) is 3.80. The molecule has 2 N–H and O–H groups in total. The number of hydrogen-bond acceptors (Lipinski definition) is 4. The molecule has 13 heavy (non-hydrogen) atoms. The van der Waals surface area contributed by atoms with Crippen molar-refractivity contribution < 1.29 is 4.42 Å². The second-order valence-electron chi connectivity index (χ2n) is 2.79. The molecule has 4 heteroatoms. The summed E-state index contributed by atoms with van der Waals surface area (Å²) in [6.07, 6.45) is 4.20. The third-order valence-electron chi connectivity index (χ3n) is 1.82. The molecule has 0 aliphatic heterocycles. The molecule has 68 valence electrons. The van der Waals surface area contributed by atoms with E-state index in [9.17, 15) is 0 Å². The number of nitrogens with zero attached hydrogens (tertiary/aromatic N) is 1. The third-order valence-corrected chi connectivity index (χ3v) is 2.73. The average Bonchev–Trinajstić information content (AvgIpc) is 2.74.